The Morgan fingerprint density at radius 1 is 1.22 bits per heavy atom. The van der Waals surface area contributed by atoms with Crippen molar-refractivity contribution in [1.82, 2.24) is 4.72 Å². The van der Waals surface area contributed by atoms with Gasteiger partial charge in [0.05, 0.1) is 9.92 Å². The Morgan fingerprint density at radius 2 is 1.78 bits per heavy atom. The zero-order chi connectivity index (χ0) is 14.1. The number of rotatable bonds is 3. The van der Waals surface area contributed by atoms with Crippen LogP contribution in [0.25, 0.3) is 0 Å². The molecule has 0 heterocycles. The molecule has 6 nitrogen and oxygen atoms in total. The third-order valence-corrected chi connectivity index (χ3v) is 4.99. The summed E-state index contributed by atoms with van der Waals surface area (Å²) in [6, 6.07) is 2.81. The maximum Gasteiger partial charge on any atom is 0.264 e. The van der Waals surface area contributed by atoms with Gasteiger partial charge >= 0.3 is 0 Å². The number of sulfonamides is 1. The molecule has 10 heteroatoms. The van der Waals surface area contributed by atoms with Crippen molar-refractivity contribution >= 4 is 47.3 Å². The molecular formula is C8H7Cl2NO5S2. The van der Waals surface area contributed by atoms with E-state index in [9.17, 15) is 21.6 Å². The van der Waals surface area contributed by atoms with Gasteiger partial charge < -0.3 is 0 Å². The second-order valence-corrected chi connectivity index (χ2v) is 7.82. The van der Waals surface area contributed by atoms with Crippen molar-refractivity contribution in [1.29, 1.82) is 0 Å². The Balaban J connectivity index is 3.33. The molecule has 18 heavy (non-hydrogen) atoms. The molecule has 1 aromatic rings. The average molecular weight is 332 g/mol. The van der Waals surface area contributed by atoms with Gasteiger partial charge in [-0.3, -0.25) is 4.79 Å². The lowest BCUT2D eigenvalue weighted by Crippen LogP contribution is -2.28. The zero-order valence-corrected chi connectivity index (χ0v) is 12.0. The van der Waals surface area contributed by atoms with Crippen LogP contribution >= 0.6 is 22.3 Å². The highest BCUT2D eigenvalue weighted by Gasteiger charge is 2.20. The van der Waals surface area contributed by atoms with Crippen LogP contribution in [-0.4, -0.2) is 22.7 Å². The summed E-state index contributed by atoms with van der Waals surface area (Å²) < 4.78 is 47.0. The SMILES string of the molecule is CC(=O)NS(=O)(=O)c1ccc(S(=O)(=O)Cl)c(Cl)c1. The first-order valence-electron chi connectivity index (χ1n) is 4.31. The average Bonchev–Trinajstić information content (AvgIpc) is 2.13. The van der Waals surface area contributed by atoms with Gasteiger partial charge in [-0.2, -0.15) is 0 Å². The molecule has 0 saturated carbocycles. The van der Waals surface area contributed by atoms with E-state index in [0.29, 0.717) is 0 Å². The second-order valence-electron chi connectivity index (χ2n) is 3.19. The van der Waals surface area contributed by atoms with Crippen molar-refractivity contribution < 1.29 is 21.6 Å². The molecular weight excluding hydrogens is 325 g/mol. The molecule has 0 spiro atoms. The lowest BCUT2D eigenvalue weighted by Gasteiger charge is -2.06. The van der Waals surface area contributed by atoms with Crippen molar-refractivity contribution in [2.45, 2.75) is 16.7 Å². The van der Waals surface area contributed by atoms with Crippen molar-refractivity contribution in [2.24, 2.45) is 0 Å². The summed E-state index contributed by atoms with van der Waals surface area (Å²) in [5.74, 6) is -0.778. The van der Waals surface area contributed by atoms with E-state index in [1.165, 1.54) is 0 Å². The minimum absolute atomic E-state index is 0.341. The standard InChI is InChI=1S/C8H7Cl2NO5S2/c1-5(12)11-18(15,16)6-2-3-8(7(9)4-6)17(10,13)14/h2-4H,1H3,(H,11,12). The number of hydrogen-bond acceptors (Lipinski definition) is 5. The van der Waals surface area contributed by atoms with Gasteiger partial charge in [0.25, 0.3) is 19.1 Å². The summed E-state index contributed by atoms with van der Waals surface area (Å²) >= 11 is 5.62. The van der Waals surface area contributed by atoms with Gasteiger partial charge in [-0.1, -0.05) is 11.6 Å². The maximum absolute atomic E-state index is 11.6. The van der Waals surface area contributed by atoms with Crippen molar-refractivity contribution in [3.63, 3.8) is 0 Å². The molecule has 0 fully saturated rings. The Hall–Kier alpha value is -0.830. The molecule has 1 aromatic carbocycles. The number of carbonyl (C=O) groups excluding carboxylic acids is 1. The van der Waals surface area contributed by atoms with Crippen LogP contribution < -0.4 is 4.72 Å². The molecule has 1 rings (SSSR count). The second kappa shape index (κ2) is 5.04. The predicted molar refractivity (Wildman–Crippen MR) is 65.5 cm³/mol. The zero-order valence-electron chi connectivity index (χ0n) is 8.85. The monoisotopic (exact) mass is 331 g/mol. The van der Waals surface area contributed by atoms with E-state index in [1.807, 2.05) is 0 Å². The first-order valence-corrected chi connectivity index (χ1v) is 8.48. The fourth-order valence-electron chi connectivity index (χ4n) is 1.09. The van der Waals surface area contributed by atoms with E-state index >= 15 is 0 Å². The van der Waals surface area contributed by atoms with Gasteiger partial charge in [-0.25, -0.2) is 21.6 Å². The molecule has 0 radical (unpaired) electrons. The molecule has 1 N–H and O–H groups in total. The first kappa shape index (κ1) is 15.2. The minimum atomic E-state index is -4.07. The third-order valence-electron chi connectivity index (χ3n) is 1.75. The number of carbonyl (C=O) groups is 1. The number of benzene rings is 1. The summed E-state index contributed by atoms with van der Waals surface area (Å²) in [7, 11) is -3.04. The van der Waals surface area contributed by atoms with Gasteiger partial charge in [-0.15, -0.1) is 0 Å². The number of halogens is 2. The molecule has 0 aliphatic rings. The molecule has 0 aliphatic heterocycles. The quantitative estimate of drug-likeness (QED) is 0.836. The highest BCUT2D eigenvalue weighted by molar-refractivity contribution is 8.13. The van der Waals surface area contributed by atoms with E-state index in [2.05, 4.69) is 0 Å². The van der Waals surface area contributed by atoms with Crippen molar-refractivity contribution in [3.05, 3.63) is 23.2 Å². The van der Waals surface area contributed by atoms with Crippen molar-refractivity contribution in [3.8, 4) is 0 Å². The van der Waals surface area contributed by atoms with Gasteiger partial charge in [0.2, 0.25) is 5.91 Å². The van der Waals surface area contributed by atoms with Crippen LogP contribution in [0.2, 0.25) is 5.02 Å². The van der Waals surface area contributed by atoms with Gasteiger partial charge in [-0.05, 0) is 18.2 Å². The van der Waals surface area contributed by atoms with Crippen LogP contribution in [0.1, 0.15) is 6.92 Å². The predicted octanol–water partition coefficient (Wildman–Crippen LogP) is 1.09. The largest absolute Gasteiger partial charge is 0.274 e. The molecule has 0 aliphatic carbocycles. The minimum Gasteiger partial charge on any atom is -0.274 e. The van der Waals surface area contributed by atoms with Crippen LogP contribution in [0.15, 0.2) is 28.0 Å². The lowest BCUT2D eigenvalue weighted by molar-refractivity contribution is -0.117. The van der Waals surface area contributed by atoms with Gasteiger partial charge in [0.15, 0.2) is 0 Å². The summed E-state index contributed by atoms with van der Waals surface area (Å²) in [5, 5.41) is -0.351. The molecule has 0 unspecified atom stereocenters. The molecule has 0 saturated heterocycles. The van der Waals surface area contributed by atoms with Gasteiger partial charge in [0.1, 0.15) is 4.90 Å². The first-order chi connectivity index (χ1) is 8.04. The smallest absolute Gasteiger partial charge is 0.264 e. The number of nitrogens with one attached hydrogen (secondary N) is 1. The Bertz CT molecular complexity index is 696. The number of amides is 1. The third kappa shape index (κ3) is 3.58. The molecule has 100 valence electrons. The van der Waals surface area contributed by atoms with Crippen LogP contribution in [0.3, 0.4) is 0 Å². The maximum atomic E-state index is 11.6. The number of hydrogen-bond donors (Lipinski definition) is 1. The van der Waals surface area contributed by atoms with Crippen molar-refractivity contribution in [2.75, 3.05) is 0 Å². The lowest BCUT2D eigenvalue weighted by atomic mass is 10.4. The summed E-state index contributed by atoms with van der Waals surface area (Å²) in [6.45, 7) is 1.02. The molecule has 1 amide bonds. The van der Waals surface area contributed by atoms with Crippen LogP contribution in [0.5, 0.6) is 0 Å². The Labute approximate surface area is 113 Å². The van der Waals surface area contributed by atoms with Crippen LogP contribution in [0, 0.1) is 0 Å². The summed E-state index contributed by atoms with van der Waals surface area (Å²) in [4.78, 5) is 9.95. The molecule has 0 atom stereocenters. The Kier molecular flexibility index (Phi) is 4.26. The normalized spacial score (nSPS) is 12.2. The Morgan fingerprint density at radius 3 is 2.17 bits per heavy atom. The highest BCUT2D eigenvalue weighted by atomic mass is 35.7. The topological polar surface area (TPSA) is 97.4 Å². The van der Waals surface area contributed by atoms with E-state index < -0.39 is 29.9 Å². The fourth-order valence-corrected chi connectivity index (χ4v) is 3.71. The van der Waals surface area contributed by atoms with Crippen LogP contribution in [-0.2, 0) is 23.9 Å². The fraction of sp³-hybridized carbons (Fsp3) is 0.125. The van der Waals surface area contributed by atoms with E-state index in [4.69, 9.17) is 22.3 Å². The molecule has 0 bridgehead atoms. The summed E-state index contributed by atoms with van der Waals surface area (Å²) in [5.41, 5.74) is 0. The van der Waals surface area contributed by atoms with E-state index in [1.54, 1.807) is 4.72 Å². The van der Waals surface area contributed by atoms with Gasteiger partial charge in [0, 0.05) is 17.6 Å². The van der Waals surface area contributed by atoms with E-state index in [-0.39, 0.29) is 9.92 Å². The highest BCUT2D eigenvalue weighted by Crippen LogP contribution is 2.27. The molecule has 0 aromatic heterocycles. The van der Waals surface area contributed by atoms with E-state index in [0.717, 1.165) is 25.1 Å². The summed E-state index contributed by atoms with van der Waals surface area (Å²) in [6.07, 6.45) is 0. The van der Waals surface area contributed by atoms with Crippen LogP contribution in [0.4, 0.5) is 0 Å².